The summed E-state index contributed by atoms with van der Waals surface area (Å²) in [7, 11) is 3.11. The molecule has 1 N–H and O–H groups in total. The molecule has 2 saturated heterocycles. The third kappa shape index (κ3) is 3.28. The molecule has 0 bridgehead atoms. The van der Waals surface area contributed by atoms with Crippen LogP contribution in [0.3, 0.4) is 0 Å². The Bertz CT molecular complexity index is 578. The maximum absolute atomic E-state index is 12.6. The molecule has 23 heavy (non-hydrogen) atoms. The average Bonchev–Trinajstić information content (AvgIpc) is 2.95. The first-order chi connectivity index (χ1) is 11.1. The highest BCUT2D eigenvalue weighted by atomic mass is 16.5. The van der Waals surface area contributed by atoms with Gasteiger partial charge >= 0.3 is 0 Å². The number of fused-ring (bicyclic) bond motifs is 1. The van der Waals surface area contributed by atoms with Crippen LogP contribution < -0.4 is 14.8 Å². The van der Waals surface area contributed by atoms with Gasteiger partial charge in [-0.1, -0.05) is 6.07 Å². The second-order valence-corrected chi connectivity index (χ2v) is 6.20. The summed E-state index contributed by atoms with van der Waals surface area (Å²) in [4.78, 5) is 15.0. The Morgan fingerprint density at radius 2 is 2.13 bits per heavy atom. The Kier molecular flexibility index (Phi) is 4.73. The summed E-state index contributed by atoms with van der Waals surface area (Å²) in [6, 6.07) is 5.87. The summed E-state index contributed by atoms with van der Waals surface area (Å²) in [5.74, 6) is 0.908. The van der Waals surface area contributed by atoms with E-state index >= 15 is 0 Å². The van der Waals surface area contributed by atoms with Gasteiger partial charge in [0.1, 0.15) is 0 Å². The highest BCUT2D eigenvalue weighted by Gasteiger charge is 2.37. The number of rotatable bonds is 4. The van der Waals surface area contributed by atoms with Crippen molar-refractivity contribution in [2.24, 2.45) is 0 Å². The summed E-state index contributed by atoms with van der Waals surface area (Å²) in [5.41, 5.74) is 0.501. The first kappa shape index (κ1) is 16.1. The van der Waals surface area contributed by atoms with Crippen molar-refractivity contribution in [3.8, 4) is 11.5 Å². The van der Waals surface area contributed by atoms with E-state index in [1.165, 1.54) is 0 Å². The zero-order valence-corrected chi connectivity index (χ0v) is 13.9. The largest absolute Gasteiger partial charge is 0.493 e. The van der Waals surface area contributed by atoms with E-state index in [0.29, 0.717) is 23.1 Å². The quantitative estimate of drug-likeness (QED) is 0.906. The molecule has 2 aliphatic rings. The van der Waals surface area contributed by atoms with E-state index in [4.69, 9.17) is 14.2 Å². The van der Waals surface area contributed by atoms with Crippen LogP contribution in [0.25, 0.3) is 0 Å². The summed E-state index contributed by atoms with van der Waals surface area (Å²) >= 11 is 0. The molecule has 2 aliphatic heterocycles. The first-order valence-electron chi connectivity index (χ1n) is 8.00. The molecular weight excluding hydrogens is 296 g/mol. The molecule has 0 unspecified atom stereocenters. The van der Waals surface area contributed by atoms with Gasteiger partial charge in [-0.25, -0.2) is 0 Å². The minimum atomic E-state index is -0.125. The maximum atomic E-state index is 12.6. The fourth-order valence-electron chi connectivity index (χ4n) is 3.47. The number of carbonyl (C=O) groups excluding carboxylic acids is 1. The number of morpholine rings is 1. The van der Waals surface area contributed by atoms with E-state index in [1.807, 2.05) is 0 Å². The lowest BCUT2D eigenvalue weighted by atomic mass is 10.1. The lowest BCUT2D eigenvalue weighted by Gasteiger charge is -2.33. The molecule has 1 aromatic carbocycles. The molecule has 6 heteroatoms. The third-order valence-electron chi connectivity index (χ3n) is 4.58. The molecular formula is C17H24N2O4. The molecule has 0 saturated carbocycles. The number of nitrogens with one attached hydrogen (secondary N) is 1. The van der Waals surface area contributed by atoms with E-state index in [1.54, 1.807) is 32.4 Å². The van der Waals surface area contributed by atoms with Gasteiger partial charge in [0, 0.05) is 25.2 Å². The Morgan fingerprint density at radius 3 is 2.87 bits per heavy atom. The minimum absolute atomic E-state index is 0.125. The summed E-state index contributed by atoms with van der Waals surface area (Å²) in [5, 5.41) is 3.12. The Hall–Kier alpha value is -1.79. The Morgan fingerprint density at radius 1 is 1.30 bits per heavy atom. The van der Waals surface area contributed by atoms with Crippen LogP contribution in [0.4, 0.5) is 0 Å². The zero-order chi connectivity index (χ0) is 16.4. The predicted molar refractivity (Wildman–Crippen MR) is 86.2 cm³/mol. The lowest BCUT2D eigenvalue weighted by molar-refractivity contribution is -0.0390. The number of benzene rings is 1. The van der Waals surface area contributed by atoms with Crippen molar-refractivity contribution < 1.29 is 19.0 Å². The highest BCUT2D eigenvalue weighted by Crippen LogP contribution is 2.31. The van der Waals surface area contributed by atoms with Gasteiger partial charge in [-0.3, -0.25) is 9.69 Å². The normalized spacial score (nSPS) is 27.3. The fraction of sp³-hybridized carbons (Fsp3) is 0.588. The van der Waals surface area contributed by atoms with Crippen LogP contribution >= 0.6 is 0 Å². The van der Waals surface area contributed by atoms with Crippen LogP contribution in [0.1, 0.15) is 23.7 Å². The maximum Gasteiger partial charge on any atom is 0.255 e. The van der Waals surface area contributed by atoms with E-state index < -0.39 is 0 Å². The third-order valence-corrected chi connectivity index (χ3v) is 4.58. The topological polar surface area (TPSA) is 60.0 Å². The van der Waals surface area contributed by atoms with Gasteiger partial charge in [0.05, 0.1) is 32.5 Å². The van der Waals surface area contributed by atoms with Crippen molar-refractivity contribution in [2.75, 3.05) is 33.9 Å². The number of hydrogen-bond donors (Lipinski definition) is 1. The molecule has 3 rings (SSSR count). The zero-order valence-electron chi connectivity index (χ0n) is 13.9. The molecule has 126 valence electrons. The van der Waals surface area contributed by atoms with Gasteiger partial charge in [0.15, 0.2) is 11.5 Å². The predicted octanol–water partition coefficient (Wildman–Crippen LogP) is 1.30. The van der Waals surface area contributed by atoms with Crippen LogP contribution in [-0.4, -0.2) is 62.9 Å². The number of nitrogens with zero attached hydrogens (tertiary/aromatic N) is 1. The molecule has 0 spiro atoms. The molecule has 3 atom stereocenters. The summed E-state index contributed by atoms with van der Waals surface area (Å²) in [6.45, 7) is 4.63. The van der Waals surface area contributed by atoms with Crippen molar-refractivity contribution in [3.63, 3.8) is 0 Å². The molecule has 2 fully saturated rings. The van der Waals surface area contributed by atoms with Crippen LogP contribution in [0.15, 0.2) is 18.2 Å². The second-order valence-electron chi connectivity index (χ2n) is 6.20. The van der Waals surface area contributed by atoms with Gasteiger partial charge in [-0.2, -0.15) is 0 Å². The highest BCUT2D eigenvalue weighted by molar-refractivity contribution is 5.98. The van der Waals surface area contributed by atoms with Crippen LogP contribution in [0, 0.1) is 0 Å². The van der Waals surface area contributed by atoms with Gasteiger partial charge in [-0.15, -0.1) is 0 Å². The minimum Gasteiger partial charge on any atom is -0.493 e. The second kappa shape index (κ2) is 6.76. The number of para-hydroxylation sites is 1. The van der Waals surface area contributed by atoms with Crippen LogP contribution in [-0.2, 0) is 4.74 Å². The standard InChI is InChI=1S/C17H24N2O4/c1-11-8-19-9-12(7-13(19)10-23-11)18-17(20)14-5-4-6-15(21-2)16(14)22-3/h4-6,11-13H,7-10H2,1-3H3,(H,18,20)/t11-,12-,13-/m0/s1. The number of carbonyl (C=O) groups is 1. The SMILES string of the molecule is COc1cccc(C(=O)N[C@H]2C[C@H]3CO[C@@H](C)CN3C2)c1OC. The van der Waals surface area contributed by atoms with Crippen molar-refractivity contribution in [2.45, 2.75) is 31.5 Å². The molecule has 6 nitrogen and oxygen atoms in total. The molecule has 2 heterocycles. The number of methoxy groups -OCH3 is 2. The molecule has 0 aromatic heterocycles. The smallest absolute Gasteiger partial charge is 0.255 e. The molecule has 1 aromatic rings. The lowest BCUT2D eigenvalue weighted by Crippen LogP contribution is -2.45. The van der Waals surface area contributed by atoms with E-state index in [-0.39, 0.29) is 18.1 Å². The van der Waals surface area contributed by atoms with E-state index in [2.05, 4.69) is 17.1 Å². The number of amides is 1. The van der Waals surface area contributed by atoms with Gasteiger partial charge in [0.25, 0.3) is 5.91 Å². The van der Waals surface area contributed by atoms with Crippen LogP contribution in [0.2, 0.25) is 0 Å². The van der Waals surface area contributed by atoms with Crippen molar-refractivity contribution in [3.05, 3.63) is 23.8 Å². The monoisotopic (exact) mass is 320 g/mol. The molecule has 0 radical (unpaired) electrons. The number of ether oxygens (including phenoxy) is 3. The molecule has 1 amide bonds. The van der Waals surface area contributed by atoms with Gasteiger partial charge < -0.3 is 19.5 Å². The molecule has 0 aliphatic carbocycles. The number of hydrogen-bond acceptors (Lipinski definition) is 5. The van der Waals surface area contributed by atoms with Crippen LogP contribution in [0.5, 0.6) is 11.5 Å². The van der Waals surface area contributed by atoms with E-state index in [0.717, 1.165) is 26.1 Å². The first-order valence-corrected chi connectivity index (χ1v) is 8.00. The van der Waals surface area contributed by atoms with Gasteiger partial charge in [0.2, 0.25) is 0 Å². The van der Waals surface area contributed by atoms with Gasteiger partial charge in [-0.05, 0) is 25.5 Å². The fourth-order valence-corrected chi connectivity index (χ4v) is 3.47. The summed E-state index contributed by atoms with van der Waals surface area (Å²) < 4.78 is 16.3. The summed E-state index contributed by atoms with van der Waals surface area (Å²) in [6.07, 6.45) is 1.18. The van der Waals surface area contributed by atoms with E-state index in [9.17, 15) is 4.79 Å². The van der Waals surface area contributed by atoms with Crippen molar-refractivity contribution in [1.82, 2.24) is 10.2 Å². The van der Waals surface area contributed by atoms with Crippen molar-refractivity contribution >= 4 is 5.91 Å². The average molecular weight is 320 g/mol. The Labute approximate surface area is 136 Å². The Balaban J connectivity index is 1.68. The van der Waals surface area contributed by atoms with Crippen molar-refractivity contribution in [1.29, 1.82) is 0 Å².